The normalized spacial score (nSPS) is 13.7. The molecule has 1 rings (SSSR count). The van der Waals surface area contributed by atoms with Gasteiger partial charge in [-0.2, -0.15) is 0 Å². The second kappa shape index (κ2) is 5.95. The minimum Gasteiger partial charge on any atom is -0.480 e. The number of nitrogens with zero attached hydrogens (tertiary/aromatic N) is 1. The van der Waals surface area contributed by atoms with Crippen LogP contribution >= 0.6 is 0 Å². The predicted molar refractivity (Wildman–Crippen MR) is 63.2 cm³/mol. The van der Waals surface area contributed by atoms with E-state index in [1.54, 1.807) is 6.92 Å². The van der Waals surface area contributed by atoms with Gasteiger partial charge in [-0.3, -0.25) is 9.59 Å². The number of hydrogen-bond donors (Lipinski definition) is 3. The van der Waals surface area contributed by atoms with Crippen LogP contribution in [0.5, 0.6) is 0 Å². The van der Waals surface area contributed by atoms with Crippen LogP contribution in [0.4, 0.5) is 0 Å². The molecule has 98 valence electrons. The highest BCUT2D eigenvalue weighted by Gasteiger charge is 2.26. The number of carbonyl (C=O) groups excluding carboxylic acids is 1. The van der Waals surface area contributed by atoms with E-state index in [2.05, 4.69) is 15.3 Å². The Labute approximate surface area is 103 Å². The lowest BCUT2D eigenvalue weighted by Crippen LogP contribution is -2.45. The van der Waals surface area contributed by atoms with Gasteiger partial charge in [-0.1, -0.05) is 20.3 Å². The fraction of sp³-hybridized carbons (Fsp3) is 0.455. The summed E-state index contributed by atoms with van der Waals surface area (Å²) in [5.74, 6) is -1.92. The van der Waals surface area contributed by atoms with Crippen molar-refractivity contribution < 1.29 is 14.7 Å². The lowest BCUT2D eigenvalue weighted by atomic mass is 9.99. The van der Waals surface area contributed by atoms with Crippen LogP contribution in [-0.4, -0.2) is 33.0 Å². The lowest BCUT2D eigenvalue weighted by molar-refractivity contribution is -0.140. The van der Waals surface area contributed by atoms with Crippen molar-refractivity contribution >= 4 is 11.9 Å². The summed E-state index contributed by atoms with van der Waals surface area (Å²) in [5.41, 5.74) is -0.451. The molecule has 0 aliphatic carbocycles. The number of rotatable bonds is 5. The fourth-order valence-corrected chi connectivity index (χ4v) is 1.36. The van der Waals surface area contributed by atoms with Crippen LogP contribution in [0.3, 0.4) is 0 Å². The largest absolute Gasteiger partial charge is 0.480 e. The third-order valence-electron chi connectivity index (χ3n) is 2.67. The molecule has 0 spiro atoms. The molecule has 0 aromatic carbocycles. The molecule has 0 fully saturated rings. The Kier molecular flexibility index (Phi) is 4.59. The second-order valence-corrected chi connectivity index (χ2v) is 3.97. The van der Waals surface area contributed by atoms with Crippen molar-refractivity contribution in [3.63, 3.8) is 0 Å². The predicted octanol–water partition coefficient (Wildman–Crippen LogP) is -0.00100. The minimum absolute atomic E-state index is 0.0239. The lowest BCUT2D eigenvalue weighted by Gasteiger charge is -2.19. The van der Waals surface area contributed by atoms with Gasteiger partial charge in [0.05, 0.1) is 6.20 Å². The molecule has 18 heavy (non-hydrogen) atoms. The van der Waals surface area contributed by atoms with Gasteiger partial charge in [0.1, 0.15) is 11.7 Å². The maximum atomic E-state index is 11.7. The average Bonchev–Trinajstić information content (AvgIpc) is 2.35. The number of H-pyrrole nitrogens is 1. The molecule has 0 bridgehead atoms. The molecule has 2 atom stereocenters. The monoisotopic (exact) mass is 253 g/mol. The first-order chi connectivity index (χ1) is 8.45. The van der Waals surface area contributed by atoms with Crippen molar-refractivity contribution in [2.75, 3.05) is 0 Å². The zero-order valence-corrected chi connectivity index (χ0v) is 10.1. The van der Waals surface area contributed by atoms with Crippen molar-refractivity contribution in [2.24, 2.45) is 5.92 Å². The van der Waals surface area contributed by atoms with Crippen LogP contribution in [0.2, 0.25) is 0 Å². The van der Waals surface area contributed by atoms with Crippen molar-refractivity contribution in [3.05, 3.63) is 28.4 Å². The molecule has 0 saturated heterocycles. The van der Waals surface area contributed by atoms with Gasteiger partial charge in [-0.15, -0.1) is 0 Å². The van der Waals surface area contributed by atoms with Gasteiger partial charge in [-0.05, 0) is 5.92 Å². The maximum Gasteiger partial charge on any atom is 0.326 e. The van der Waals surface area contributed by atoms with Crippen LogP contribution < -0.4 is 10.9 Å². The Hall–Kier alpha value is -2.18. The van der Waals surface area contributed by atoms with E-state index in [9.17, 15) is 14.4 Å². The van der Waals surface area contributed by atoms with Crippen LogP contribution in [0.15, 0.2) is 17.2 Å². The third-order valence-corrected chi connectivity index (χ3v) is 2.67. The molecule has 0 aliphatic heterocycles. The van der Waals surface area contributed by atoms with Gasteiger partial charge in [0, 0.05) is 6.20 Å². The molecule has 0 radical (unpaired) electrons. The summed E-state index contributed by atoms with van der Waals surface area (Å²) >= 11 is 0. The summed E-state index contributed by atoms with van der Waals surface area (Å²) in [4.78, 5) is 39.5. The Balaban J connectivity index is 2.81. The van der Waals surface area contributed by atoms with Crippen LogP contribution in [0.25, 0.3) is 0 Å². The third kappa shape index (κ3) is 3.41. The molecule has 1 heterocycles. The van der Waals surface area contributed by atoms with Crippen LogP contribution in [-0.2, 0) is 4.79 Å². The van der Waals surface area contributed by atoms with E-state index >= 15 is 0 Å². The van der Waals surface area contributed by atoms with Gasteiger partial charge < -0.3 is 15.4 Å². The Morgan fingerprint density at radius 3 is 2.67 bits per heavy atom. The summed E-state index contributed by atoms with van der Waals surface area (Å²) in [6.45, 7) is 3.57. The molecule has 7 heteroatoms. The summed E-state index contributed by atoms with van der Waals surface area (Å²) < 4.78 is 0. The summed E-state index contributed by atoms with van der Waals surface area (Å²) in [7, 11) is 0. The van der Waals surface area contributed by atoms with Crippen molar-refractivity contribution in [1.82, 2.24) is 15.3 Å². The van der Waals surface area contributed by atoms with E-state index in [1.807, 2.05) is 6.92 Å². The number of nitrogens with one attached hydrogen (secondary N) is 2. The number of hydrogen-bond acceptors (Lipinski definition) is 4. The van der Waals surface area contributed by atoms with E-state index in [1.165, 1.54) is 0 Å². The number of carboxylic acids is 1. The van der Waals surface area contributed by atoms with Crippen LogP contribution in [0, 0.1) is 5.92 Å². The maximum absolute atomic E-state index is 11.7. The first-order valence-corrected chi connectivity index (χ1v) is 5.54. The van der Waals surface area contributed by atoms with Gasteiger partial charge in [0.25, 0.3) is 11.5 Å². The summed E-state index contributed by atoms with van der Waals surface area (Å²) in [6, 6.07) is -0.976. The Bertz CT molecular complexity index is 477. The summed E-state index contributed by atoms with van der Waals surface area (Å²) in [5, 5.41) is 11.4. The van der Waals surface area contributed by atoms with Gasteiger partial charge in [0.15, 0.2) is 0 Å². The second-order valence-electron chi connectivity index (χ2n) is 3.97. The molecule has 0 saturated carbocycles. The first kappa shape index (κ1) is 13.9. The highest BCUT2D eigenvalue weighted by molar-refractivity contribution is 5.94. The zero-order valence-electron chi connectivity index (χ0n) is 10.1. The smallest absolute Gasteiger partial charge is 0.326 e. The molecule has 0 aliphatic rings. The standard InChI is InChI=1S/C11H15N3O4/c1-3-6(2)9(11(17)18)14-10(16)7-4-13-8(15)5-12-7/h4-6,9H,3H2,1-2H3,(H,13,15)(H,14,16)(H,17,18)/t6?,9-/m0/s1. The first-order valence-electron chi connectivity index (χ1n) is 5.54. The fourth-order valence-electron chi connectivity index (χ4n) is 1.36. The highest BCUT2D eigenvalue weighted by atomic mass is 16.4. The van der Waals surface area contributed by atoms with Crippen molar-refractivity contribution in [3.8, 4) is 0 Å². The highest BCUT2D eigenvalue weighted by Crippen LogP contribution is 2.08. The molecule has 1 unspecified atom stereocenters. The number of amides is 1. The van der Waals surface area contributed by atoms with Gasteiger partial charge >= 0.3 is 5.97 Å². The van der Waals surface area contributed by atoms with E-state index in [4.69, 9.17) is 5.11 Å². The van der Waals surface area contributed by atoms with Gasteiger partial charge in [0.2, 0.25) is 0 Å². The number of aromatic nitrogens is 2. The Morgan fingerprint density at radius 1 is 1.56 bits per heavy atom. The minimum atomic E-state index is -1.10. The molecular formula is C11H15N3O4. The average molecular weight is 253 g/mol. The van der Waals surface area contributed by atoms with Crippen LogP contribution in [0.1, 0.15) is 30.8 Å². The quantitative estimate of drug-likeness (QED) is 0.683. The molecule has 3 N–H and O–H groups in total. The summed E-state index contributed by atoms with van der Waals surface area (Å²) in [6.07, 6.45) is 2.73. The number of aliphatic carboxylic acids is 1. The van der Waals surface area contributed by atoms with E-state index in [-0.39, 0.29) is 11.6 Å². The zero-order chi connectivity index (χ0) is 13.7. The molecule has 1 aromatic heterocycles. The molecular weight excluding hydrogens is 238 g/mol. The van der Waals surface area contributed by atoms with E-state index in [0.717, 1.165) is 12.4 Å². The molecule has 1 amide bonds. The van der Waals surface area contributed by atoms with E-state index < -0.39 is 23.5 Å². The SMILES string of the molecule is CCC(C)[C@H](NC(=O)c1c[nH]c(=O)cn1)C(=O)O. The Morgan fingerprint density at radius 2 is 2.22 bits per heavy atom. The molecule has 7 nitrogen and oxygen atoms in total. The number of carboxylic acid groups (broad SMARTS) is 1. The number of carbonyl (C=O) groups is 2. The number of aromatic amines is 1. The van der Waals surface area contributed by atoms with Gasteiger partial charge in [-0.25, -0.2) is 9.78 Å². The van der Waals surface area contributed by atoms with Crippen molar-refractivity contribution in [2.45, 2.75) is 26.3 Å². The van der Waals surface area contributed by atoms with E-state index in [0.29, 0.717) is 6.42 Å². The van der Waals surface area contributed by atoms with Crippen molar-refractivity contribution in [1.29, 1.82) is 0 Å². The molecule has 1 aromatic rings. The topological polar surface area (TPSA) is 112 Å².